The molecule has 0 radical (unpaired) electrons. The van der Waals surface area contributed by atoms with Crippen LogP contribution in [-0.4, -0.2) is 19.9 Å². The van der Waals surface area contributed by atoms with Gasteiger partial charge in [-0.3, -0.25) is 4.98 Å². The van der Waals surface area contributed by atoms with E-state index in [1.54, 1.807) is 6.07 Å². The first-order valence-electron chi connectivity index (χ1n) is 8.70. The molecule has 0 spiro atoms. The Balaban J connectivity index is 1.70. The number of hydrogen-bond donors (Lipinski definition) is 1. The highest BCUT2D eigenvalue weighted by Gasteiger charge is 2.34. The molecular formula is C20H11F6N5. The summed E-state index contributed by atoms with van der Waals surface area (Å²) in [5.74, 6) is 0.151. The van der Waals surface area contributed by atoms with Crippen LogP contribution in [0.3, 0.4) is 0 Å². The van der Waals surface area contributed by atoms with Crippen LogP contribution in [-0.2, 0) is 12.4 Å². The zero-order valence-electron chi connectivity index (χ0n) is 15.3. The van der Waals surface area contributed by atoms with E-state index in [9.17, 15) is 26.3 Å². The Morgan fingerprint density at radius 2 is 1.55 bits per heavy atom. The number of nitrogens with one attached hydrogen (secondary N) is 1. The van der Waals surface area contributed by atoms with E-state index in [-0.39, 0.29) is 22.7 Å². The van der Waals surface area contributed by atoms with Crippen LogP contribution in [0.25, 0.3) is 22.3 Å². The Morgan fingerprint density at radius 3 is 2.23 bits per heavy atom. The third-order valence-electron chi connectivity index (χ3n) is 4.36. The molecule has 0 aliphatic heterocycles. The molecule has 0 bridgehead atoms. The first-order valence-corrected chi connectivity index (χ1v) is 8.70. The highest BCUT2D eigenvalue weighted by Crippen LogP contribution is 2.36. The van der Waals surface area contributed by atoms with Gasteiger partial charge in [-0.05, 0) is 36.4 Å². The Kier molecular flexibility index (Phi) is 4.96. The van der Waals surface area contributed by atoms with Gasteiger partial charge in [-0.15, -0.1) is 0 Å². The predicted octanol–water partition coefficient (Wildman–Crippen LogP) is 5.87. The maximum absolute atomic E-state index is 13.3. The van der Waals surface area contributed by atoms with E-state index in [0.29, 0.717) is 17.3 Å². The van der Waals surface area contributed by atoms with E-state index < -0.39 is 23.5 Å². The fourth-order valence-corrected chi connectivity index (χ4v) is 2.91. The average molecular weight is 435 g/mol. The van der Waals surface area contributed by atoms with Gasteiger partial charge in [-0.25, -0.2) is 15.0 Å². The predicted molar refractivity (Wildman–Crippen MR) is 100 cm³/mol. The first-order chi connectivity index (χ1) is 14.6. The molecule has 0 fully saturated rings. The monoisotopic (exact) mass is 435 g/mol. The largest absolute Gasteiger partial charge is 0.418 e. The van der Waals surface area contributed by atoms with Crippen LogP contribution in [0.5, 0.6) is 0 Å². The van der Waals surface area contributed by atoms with Crippen LogP contribution in [0.1, 0.15) is 11.1 Å². The topological polar surface area (TPSA) is 63.6 Å². The SMILES string of the molecule is FC(F)(F)c1ccc(Nc2ccnc3nc(-c4ccncc4C(F)(F)F)ccc23)nc1. The second kappa shape index (κ2) is 7.49. The van der Waals surface area contributed by atoms with Gasteiger partial charge in [0.2, 0.25) is 0 Å². The molecular weight excluding hydrogens is 424 g/mol. The summed E-state index contributed by atoms with van der Waals surface area (Å²) in [7, 11) is 0. The number of anilines is 2. The van der Waals surface area contributed by atoms with Gasteiger partial charge in [-0.2, -0.15) is 26.3 Å². The number of pyridine rings is 4. The average Bonchev–Trinajstić information content (AvgIpc) is 2.73. The Bertz CT molecular complexity index is 1240. The van der Waals surface area contributed by atoms with Crippen molar-refractivity contribution in [3.05, 3.63) is 72.3 Å². The minimum absolute atomic E-state index is 0.0551. The molecule has 31 heavy (non-hydrogen) atoms. The van der Waals surface area contributed by atoms with Crippen molar-refractivity contribution in [2.45, 2.75) is 12.4 Å². The molecule has 0 aliphatic carbocycles. The van der Waals surface area contributed by atoms with Gasteiger partial charge in [0, 0.05) is 35.7 Å². The van der Waals surface area contributed by atoms with Gasteiger partial charge in [0.25, 0.3) is 0 Å². The van der Waals surface area contributed by atoms with Crippen LogP contribution in [0.15, 0.2) is 61.2 Å². The van der Waals surface area contributed by atoms with Crippen molar-refractivity contribution in [2.24, 2.45) is 0 Å². The molecule has 0 saturated carbocycles. The Morgan fingerprint density at radius 1 is 0.742 bits per heavy atom. The summed E-state index contributed by atoms with van der Waals surface area (Å²) < 4.78 is 77.9. The number of alkyl halides is 6. The van der Waals surface area contributed by atoms with Crippen LogP contribution >= 0.6 is 0 Å². The van der Waals surface area contributed by atoms with Gasteiger partial charge in [0.15, 0.2) is 5.65 Å². The number of hydrogen-bond acceptors (Lipinski definition) is 5. The van der Waals surface area contributed by atoms with E-state index in [2.05, 4.69) is 25.3 Å². The highest BCUT2D eigenvalue weighted by molar-refractivity contribution is 5.91. The lowest BCUT2D eigenvalue weighted by Gasteiger charge is -2.13. The highest BCUT2D eigenvalue weighted by atomic mass is 19.4. The zero-order chi connectivity index (χ0) is 22.2. The number of halogens is 6. The summed E-state index contributed by atoms with van der Waals surface area (Å²) in [5, 5.41) is 3.33. The molecule has 0 amide bonds. The second-order valence-electron chi connectivity index (χ2n) is 6.40. The minimum atomic E-state index is -4.61. The Hall–Kier alpha value is -3.76. The van der Waals surface area contributed by atoms with Gasteiger partial charge >= 0.3 is 12.4 Å². The van der Waals surface area contributed by atoms with Crippen LogP contribution < -0.4 is 5.32 Å². The van der Waals surface area contributed by atoms with Gasteiger partial charge < -0.3 is 5.32 Å². The molecule has 158 valence electrons. The summed E-state index contributed by atoms with van der Waals surface area (Å²) >= 11 is 0. The van der Waals surface area contributed by atoms with Crippen LogP contribution in [0.2, 0.25) is 0 Å². The van der Waals surface area contributed by atoms with Crippen molar-refractivity contribution < 1.29 is 26.3 Å². The smallest absolute Gasteiger partial charge is 0.340 e. The quantitative estimate of drug-likeness (QED) is 0.408. The molecule has 0 aromatic carbocycles. The van der Waals surface area contributed by atoms with E-state index >= 15 is 0 Å². The maximum atomic E-state index is 13.3. The van der Waals surface area contributed by atoms with E-state index in [1.165, 1.54) is 36.7 Å². The minimum Gasteiger partial charge on any atom is -0.340 e. The van der Waals surface area contributed by atoms with Gasteiger partial charge in [0.1, 0.15) is 5.82 Å². The van der Waals surface area contributed by atoms with Crippen molar-refractivity contribution in [1.29, 1.82) is 0 Å². The number of fused-ring (bicyclic) bond motifs is 1. The van der Waals surface area contributed by atoms with Crippen molar-refractivity contribution in [3.63, 3.8) is 0 Å². The molecule has 4 aromatic rings. The van der Waals surface area contributed by atoms with E-state index in [0.717, 1.165) is 12.3 Å². The molecule has 0 atom stereocenters. The number of rotatable bonds is 3. The van der Waals surface area contributed by atoms with Gasteiger partial charge in [-0.1, -0.05) is 0 Å². The molecule has 5 nitrogen and oxygen atoms in total. The van der Waals surface area contributed by atoms with Crippen LogP contribution in [0.4, 0.5) is 37.8 Å². The summed E-state index contributed by atoms with van der Waals surface area (Å²) in [6, 6.07) is 7.75. The molecule has 0 saturated heterocycles. The van der Waals surface area contributed by atoms with Crippen LogP contribution in [0, 0.1) is 0 Å². The molecule has 4 rings (SSSR count). The van der Waals surface area contributed by atoms with Crippen molar-refractivity contribution in [2.75, 3.05) is 5.32 Å². The molecule has 4 heterocycles. The molecule has 1 N–H and O–H groups in total. The van der Waals surface area contributed by atoms with Crippen molar-refractivity contribution >= 4 is 22.5 Å². The third-order valence-corrected chi connectivity index (χ3v) is 4.36. The van der Waals surface area contributed by atoms with E-state index in [1.807, 2.05) is 0 Å². The Labute approximate surface area is 170 Å². The summed E-state index contributed by atoms with van der Waals surface area (Å²) in [6.07, 6.45) is -5.07. The first kappa shape index (κ1) is 20.5. The lowest BCUT2D eigenvalue weighted by Crippen LogP contribution is -2.08. The molecule has 4 aromatic heterocycles. The fraction of sp³-hybridized carbons (Fsp3) is 0.100. The third kappa shape index (κ3) is 4.25. The number of nitrogens with zero attached hydrogens (tertiary/aromatic N) is 4. The normalized spacial score (nSPS) is 12.2. The van der Waals surface area contributed by atoms with E-state index in [4.69, 9.17) is 0 Å². The van der Waals surface area contributed by atoms with Gasteiger partial charge in [0.05, 0.1) is 22.5 Å². The molecule has 11 heteroatoms. The summed E-state index contributed by atoms with van der Waals surface area (Å²) in [5.41, 5.74) is -1.32. The second-order valence-corrected chi connectivity index (χ2v) is 6.40. The summed E-state index contributed by atoms with van der Waals surface area (Å²) in [6.45, 7) is 0. The summed E-state index contributed by atoms with van der Waals surface area (Å²) in [4.78, 5) is 15.6. The standard InChI is InChI=1S/C20H11F6N5/c21-19(22,23)11-1-4-17(29-9-11)30-16-6-8-28-18-13(16)2-3-15(31-18)12-5-7-27-10-14(12)20(24,25)26/h1-10H,(H,28,29,30,31). The lowest BCUT2D eigenvalue weighted by atomic mass is 10.1. The fourth-order valence-electron chi connectivity index (χ4n) is 2.91. The lowest BCUT2D eigenvalue weighted by molar-refractivity contribution is -0.138. The van der Waals surface area contributed by atoms with Crippen molar-refractivity contribution in [1.82, 2.24) is 19.9 Å². The molecule has 0 aliphatic rings. The maximum Gasteiger partial charge on any atom is 0.418 e. The molecule has 0 unspecified atom stereocenters. The number of aromatic nitrogens is 4. The van der Waals surface area contributed by atoms with Crippen molar-refractivity contribution in [3.8, 4) is 11.3 Å². The zero-order valence-corrected chi connectivity index (χ0v) is 15.3.